The molecule has 14 heavy (non-hydrogen) atoms. The van der Waals surface area contributed by atoms with Crippen molar-refractivity contribution in [1.29, 1.82) is 0 Å². The van der Waals surface area contributed by atoms with E-state index in [2.05, 4.69) is 16.8 Å². The van der Waals surface area contributed by atoms with Gasteiger partial charge in [-0.05, 0) is 47.7 Å². The van der Waals surface area contributed by atoms with Crippen molar-refractivity contribution >= 4 is 17.3 Å². The van der Waals surface area contributed by atoms with Gasteiger partial charge in [0.1, 0.15) is 6.04 Å². The summed E-state index contributed by atoms with van der Waals surface area (Å²) in [6, 6.07) is 1.73. The van der Waals surface area contributed by atoms with Crippen LogP contribution in [0.15, 0.2) is 16.8 Å². The molecule has 76 valence electrons. The minimum atomic E-state index is -0.732. The normalized spacial score (nSPS) is 27.4. The molecule has 0 aliphatic carbocycles. The van der Waals surface area contributed by atoms with E-state index in [1.807, 2.05) is 5.38 Å². The number of carboxylic acids is 1. The van der Waals surface area contributed by atoms with Gasteiger partial charge in [-0.2, -0.15) is 11.3 Å². The standard InChI is InChI=1S/C10H13NO2S/c12-10(13)9-5-7(1-3-11-9)8-2-4-14-6-8/h2,4,6-7,9,11H,1,3,5H2,(H,12,13). The molecule has 1 aliphatic rings. The van der Waals surface area contributed by atoms with Gasteiger partial charge in [0.05, 0.1) is 0 Å². The molecule has 1 saturated heterocycles. The fraction of sp³-hybridized carbons (Fsp3) is 0.500. The van der Waals surface area contributed by atoms with Gasteiger partial charge in [0.2, 0.25) is 0 Å². The highest BCUT2D eigenvalue weighted by Gasteiger charge is 2.27. The van der Waals surface area contributed by atoms with Gasteiger partial charge in [-0.25, -0.2) is 0 Å². The van der Waals surface area contributed by atoms with Crippen LogP contribution < -0.4 is 5.32 Å². The van der Waals surface area contributed by atoms with E-state index in [1.165, 1.54) is 5.56 Å². The smallest absolute Gasteiger partial charge is 0.320 e. The Morgan fingerprint density at radius 2 is 2.50 bits per heavy atom. The maximum Gasteiger partial charge on any atom is 0.320 e. The topological polar surface area (TPSA) is 49.3 Å². The van der Waals surface area contributed by atoms with Gasteiger partial charge in [-0.1, -0.05) is 0 Å². The quantitative estimate of drug-likeness (QED) is 0.782. The van der Waals surface area contributed by atoms with Crippen LogP contribution in [0.4, 0.5) is 0 Å². The second kappa shape index (κ2) is 4.11. The lowest BCUT2D eigenvalue weighted by Crippen LogP contribution is -2.42. The summed E-state index contributed by atoms with van der Waals surface area (Å²) < 4.78 is 0. The molecular formula is C10H13NO2S. The summed E-state index contributed by atoms with van der Waals surface area (Å²) >= 11 is 1.68. The predicted octanol–water partition coefficient (Wildman–Crippen LogP) is 1.67. The van der Waals surface area contributed by atoms with Crippen LogP contribution in [-0.2, 0) is 4.79 Å². The first-order valence-electron chi connectivity index (χ1n) is 4.75. The largest absolute Gasteiger partial charge is 0.480 e. The zero-order chi connectivity index (χ0) is 9.97. The minimum Gasteiger partial charge on any atom is -0.480 e. The highest BCUT2D eigenvalue weighted by atomic mass is 32.1. The predicted molar refractivity (Wildman–Crippen MR) is 55.7 cm³/mol. The van der Waals surface area contributed by atoms with Crippen LogP contribution in [0, 0.1) is 0 Å². The third-order valence-electron chi connectivity index (χ3n) is 2.72. The number of carboxylic acid groups (broad SMARTS) is 1. The van der Waals surface area contributed by atoms with Crippen molar-refractivity contribution in [2.24, 2.45) is 0 Å². The van der Waals surface area contributed by atoms with Gasteiger partial charge in [0.15, 0.2) is 0 Å². The molecule has 2 rings (SSSR count). The van der Waals surface area contributed by atoms with E-state index in [4.69, 9.17) is 5.11 Å². The molecule has 3 nitrogen and oxygen atoms in total. The van der Waals surface area contributed by atoms with Crippen LogP contribution in [0.2, 0.25) is 0 Å². The Morgan fingerprint density at radius 3 is 3.14 bits per heavy atom. The molecule has 0 aromatic carbocycles. The lowest BCUT2D eigenvalue weighted by atomic mass is 9.88. The molecule has 2 N–H and O–H groups in total. The third kappa shape index (κ3) is 1.96. The van der Waals surface area contributed by atoms with Crippen molar-refractivity contribution in [2.45, 2.75) is 24.8 Å². The average Bonchev–Trinajstić information content (AvgIpc) is 2.71. The van der Waals surface area contributed by atoms with Gasteiger partial charge < -0.3 is 10.4 Å². The third-order valence-corrected chi connectivity index (χ3v) is 3.42. The summed E-state index contributed by atoms with van der Waals surface area (Å²) in [6.45, 7) is 0.803. The number of piperidine rings is 1. The number of carbonyl (C=O) groups is 1. The highest BCUT2D eigenvalue weighted by molar-refractivity contribution is 7.07. The summed E-state index contributed by atoms with van der Waals surface area (Å²) in [5.41, 5.74) is 1.29. The highest BCUT2D eigenvalue weighted by Crippen LogP contribution is 2.29. The maximum absolute atomic E-state index is 10.8. The van der Waals surface area contributed by atoms with Crippen molar-refractivity contribution in [3.05, 3.63) is 22.4 Å². The van der Waals surface area contributed by atoms with Crippen molar-refractivity contribution in [3.8, 4) is 0 Å². The SMILES string of the molecule is O=C(O)C1CC(c2ccsc2)CCN1. The molecule has 2 unspecified atom stereocenters. The number of hydrogen-bond acceptors (Lipinski definition) is 3. The van der Waals surface area contributed by atoms with Gasteiger partial charge in [0.25, 0.3) is 0 Å². The van der Waals surface area contributed by atoms with E-state index < -0.39 is 5.97 Å². The first-order valence-corrected chi connectivity index (χ1v) is 5.70. The van der Waals surface area contributed by atoms with Crippen LogP contribution in [0.1, 0.15) is 24.3 Å². The first kappa shape index (κ1) is 9.68. The molecule has 0 radical (unpaired) electrons. The van der Waals surface area contributed by atoms with Gasteiger partial charge in [-0.15, -0.1) is 0 Å². The maximum atomic E-state index is 10.8. The van der Waals surface area contributed by atoms with Crippen molar-refractivity contribution in [3.63, 3.8) is 0 Å². The van der Waals surface area contributed by atoms with E-state index in [0.29, 0.717) is 12.3 Å². The van der Waals surface area contributed by atoms with Crippen LogP contribution in [-0.4, -0.2) is 23.7 Å². The average molecular weight is 211 g/mol. The lowest BCUT2D eigenvalue weighted by Gasteiger charge is -2.27. The van der Waals surface area contributed by atoms with Crippen molar-refractivity contribution in [2.75, 3.05) is 6.54 Å². The van der Waals surface area contributed by atoms with Gasteiger partial charge >= 0.3 is 5.97 Å². The summed E-state index contributed by atoms with van der Waals surface area (Å²) in [6.07, 6.45) is 1.76. The molecule has 2 heterocycles. The number of nitrogens with one attached hydrogen (secondary N) is 1. The zero-order valence-electron chi connectivity index (χ0n) is 7.77. The summed E-state index contributed by atoms with van der Waals surface area (Å²) in [4.78, 5) is 10.8. The monoisotopic (exact) mass is 211 g/mol. The molecular weight excluding hydrogens is 198 g/mol. The number of rotatable bonds is 2. The Bertz CT molecular complexity index is 310. The fourth-order valence-electron chi connectivity index (χ4n) is 1.92. The molecule has 0 saturated carbocycles. The van der Waals surface area contributed by atoms with Crippen molar-refractivity contribution < 1.29 is 9.90 Å². The van der Waals surface area contributed by atoms with Crippen LogP contribution >= 0.6 is 11.3 Å². The van der Waals surface area contributed by atoms with Crippen LogP contribution in [0.5, 0.6) is 0 Å². The van der Waals surface area contributed by atoms with Gasteiger partial charge in [0, 0.05) is 0 Å². The number of aliphatic carboxylic acids is 1. The molecule has 0 spiro atoms. The van der Waals surface area contributed by atoms with Gasteiger partial charge in [-0.3, -0.25) is 4.79 Å². The molecule has 0 bridgehead atoms. The Hall–Kier alpha value is -0.870. The van der Waals surface area contributed by atoms with Crippen LogP contribution in [0.3, 0.4) is 0 Å². The van der Waals surface area contributed by atoms with E-state index in [0.717, 1.165) is 13.0 Å². The second-order valence-corrected chi connectivity index (χ2v) is 4.40. The molecule has 2 atom stereocenters. The summed E-state index contributed by atoms with van der Waals surface area (Å²) in [7, 11) is 0. The van der Waals surface area contributed by atoms with Crippen LogP contribution in [0.25, 0.3) is 0 Å². The molecule has 1 aromatic heterocycles. The molecule has 4 heteroatoms. The lowest BCUT2D eigenvalue weighted by molar-refractivity contribution is -0.140. The number of thiophene rings is 1. The first-order chi connectivity index (χ1) is 6.77. The zero-order valence-corrected chi connectivity index (χ0v) is 8.59. The molecule has 1 aliphatic heterocycles. The molecule has 1 aromatic rings. The fourth-order valence-corrected chi connectivity index (χ4v) is 2.66. The Kier molecular flexibility index (Phi) is 2.84. The Morgan fingerprint density at radius 1 is 1.64 bits per heavy atom. The Labute approximate surface area is 86.8 Å². The molecule has 1 fully saturated rings. The number of hydrogen-bond donors (Lipinski definition) is 2. The van der Waals surface area contributed by atoms with E-state index in [1.54, 1.807) is 11.3 Å². The second-order valence-electron chi connectivity index (χ2n) is 3.62. The summed E-state index contributed by atoms with van der Waals surface area (Å²) in [5.74, 6) is -0.312. The minimum absolute atomic E-state index is 0.367. The summed E-state index contributed by atoms with van der Waals surface area (Å²) in [5, 5.41) is 16.1. The molecule has 0 amide bonds. The van der Waals surface area contributed by atoms with E-state index >= 15 is 0 Å². The van der Waals surface area contributed by atoms with E-state index in [-0.39, 0.29) is 6.04 Å². The Balaban J connectivity index is 2.04. The van der Waals surface area contributed by atoms with Crippen molar-refractivity contribution in [1.82, 2.24) is 5.32 Å². The van der Waals surface area contributed by atoms with E-state index in [9.17, 15) is 4.79 Å².